The monoisotopic (exact) mass is 398 g/mol. The molecule has 26 heavy (non-hydrogen) atoms. The first-order valence-corrected chi connectivity index (χ1v) is 9.00. The number of benzene rings is 2. The molecule has 0 N–H and O–H groups in total. The Kier molecular flexibility index (Phi) is 13.7. The van der Waals surface area contributed by atoms with Gasteiger partial charge in [-0.15, -0.1) is 0 Å². The van der Waals surface area contributed by atoms with Gasteiger partial charge in [0, 0.05) is 11.1 Å². The van der Waals surface area contributed by atoms with E-state index in [9.17, 15) is 0 Å². The van der Waals surface area contributed by atoms with Crippen molar-refractivity contribution in [3.63, 3.8) is 0 Å². The van der Waals surface area contributed by atoms with Crippen LogP contribution in [-0.4, -0.2) is 50.2 Å². The highest BCUT2D eigenvalue weighted by molar-refractivity contribution is 5.14. The summed E-state index contributed by atoms with van der Waals surface area (Å²) in [7, 11) is 9.03. The molecule has 2 rings (SSSR count). The number of hydrogen-bond donors (Lipinski definition) is 0. The molecule has 0 saturated carbocycles. The van der Waals surface area contributed by atoms with Crippen LogP contribution >= 0.6 is 0 Å². The van der Waals surface area contributed by atoms with E-state index in [4.69, 9.17) is 0 Å². The maximum atomic E-state index is 2.26. The zero-order chi connectivity index (χ0) is 18.1. The summed E-state index contributed by atoms with van der Waals surface area (Å²) in [6.07, 6.45) is 0. The van der Waals surface area contributed by atoms with E-state index in [1.54, 1.807) is 0 Å². The van der Waals surface area contributed by atoms with Crippen molar-refractivity contribution in [2.24, 2.45) is 0 Å². The van der Waals surface area contributed by atoms with Crippen molar-refractivity contribution < 1.29 is 33.8 Å². The van der Waals surface area contributed by atoms with E-state index >= 15 is 0 Å². The van der Waals surface area contributed by atoms with Gasteiger partial charge in [0.05, 0.1) is 41.3 Å². The summed E-state index contributed by atoms with van der Waals surface area (Å²) in [6.45, 7) is 9.05. The van der Waals surface area contributed by atoms with Crippen molar-refractivity contribution in [1.29, 1.82) is 0 Å². The van der Waals surface area contributed by atoms with Gasteiger partial charge in [0.1, 0.15) is 13.1 Å². The molecule has 2 aromatic carbocycles. The highest BCUT2D eigenvalue weighted by Crippen LogP contribution is 2.08. The number of quaternary nitrogens is 2. The summed E-state index contributed by atoms with van der Waals surface area (Å²) in [4.78, 5) is 0. The molecule has 148 valence electrons. The van der Waals surface area contributed by atoms with Crippen molar-refractivity contribution in [2.75, 3.05) is 41.3 Å². The van der Waals surface area contributed by atoms with E-state index in [1.165, 1.54) is 24.2 Å². The molecule has 0 aliphatic rings. The SMILES string of the molecule is CC[N+](C)(C)Cc1ccccc1.CC[N+](C)(C)Cc1ccccc1.[Cl-].[Cl-]. The minimum atomic E-state index is 0. The molecule has 0 atom stereocenters. The lowest BCUT2D eigenvalue weighted by atomic mass is 10.2. The zero-order valence-corrected chi connectivity index (χ0v) is 18.8. The molecule has 0 aromatic heterocycles. The number of rotatable bonds is 6. The normalized spacial score (nSPS) is 10.7. The van der Waals surface area contributed by atoms with Crippen LogP contribution in [-0.2, 0) is 13.1 Å². The molecule has 2 aromatic rings. The third-order valence-corrected chi connectivity index (χ3v) is 4.62. The van der Waals surface area contributed by atoms with Crippen LogP contribution in [0.2, 0.25) is 0 Å². The molecule has 4 heteroatoms. The first-order valence-electron chi connectivity index (χ1n) is 9.00. The quantitative estimate of drug-likeness (QED) is 0.523. The molecule has 0 bridgehead atoms. The average molecular weight is 399 g/mol. The maximum absolute atomic E-state index is 2.26. The third-order valence-electron chi connectivity index (χ3n) is 4.62. The Hall–Kier alpha value is -1.06. The van der Waals surface area contributed by atoms with Crippen molar-refractivity contribution in [3.05, 3.63) is 71.8 Å². The van der Waals surface area contributed by atoms with Gasteiger partial charge >= 0.3 is 0 Å². The smallest absolute Gasteiger partial charge is 0.104 e. The van der Waals surface area contributed by atoms with E-state index in [2.05, 4.69) is 103 Å². The Labute approximate surface area is 173 Å². The first-order chi connectivity index (χ1) is 11.3. The molecular formula is C22H36Cl2N2. The molecular weight excluding hydrogens is 363 g/mol. The summed E-state index contributed by atoms with van der Waals surface area (Å²) in [5, 5.41) is 0. The summed E-state index contributed by atoms with van der Waals surface area (Å²) >= 11 is 0. The summed E-state index contributed by atoms with van der Waals surface area (Å²) < 4.78 is 2.12. The zero-order valence-electron chi connectivity index (χ0n) is 17.3. The van der Waals surface area contributed by atoms with Gasteiger partial charge < -0.3 is 33.8 Å². The van der Waals surface area contributed by atoms with Crippen molar-refractivity contribution in [1.82, 2.24) is 0 Å². The Balaban J connectivity index is 0. The standard InChI is InChI=1S/2C11H18N.2ClH/c2*1-4-12(2,3)10-11-8-6-5-7-9-11;;/h2*5-9H,4,10H2,1-3H3;2*1H/q2*+1;;/p-2. The molecule has 0 saturated heterocycles. The van der Waals surface area contributed by atoms with E-state index in [0.717, 1.165) is 22.1 Å². The Morgan fingerprint density at radius 2 is 0.808 bits per heavy atom. The highest BCUT2D eigenvalue weighted by Gasteiger charge is 2.12. The second-order valence-electron chi connectivity index (χ2n) is 7.79. The molecule has 0 spiro atoms. The van der Waals surface area contributed by atoms with Gasteiger partial charge in [-0.1, -0.05) is 60.7 Å². The van der Waals surface area contributed by atoms with Crippen LogP contribution in [0.25, 0.3) is 0 Å². The van der Waals surface area contributed by atoms with Crippen LogP contribution in [0.15, 0.2) is 60.7 Å². The minimum Gasteiger partial charge on any atom is -1.00 e. The molecule has 0 aliphatic heterocycles. The third kappa shape index (κ3) is 11.5. The molecule has 2 nitrogen and oxygen atoms in total. The average Bonchev–Trinajstić information content (AvgIpc) is 2.57. The van der Waals surface area contributed by atoms with Crippen molar-refractivity contribution in [3.8, 4) is 0 Å². The fourth-order valence-corrected chi connectivity index (χ4v) is 2.38. The fraction of sp³-hybridized carbons (Fsp3) is 0.455. The Morgan fingerprint density at radius 3 is 1.04 bits per heavy atom. The predicted octanol–water partition coefficient (Wildman–Crippen LogP) is -1.43. The van der Waals surface area contributed by atoms with Crippen LogP contribution in [0.1, 0.15) is 25.0 Å². The highest BCUT2D eigenvalue weighted by atomic mass is 35.5. The van der Waals surface area contributed by atoms with Gasteiger partial charge in [-0.2, -0.15) is 0 Å². The molecule has 0 unspecified atom stereocenters. The number of nitrogens with zero attached hydrogens (tertiary/aromatic N) is 2. The van der Waals surface area contributed by atoms with E-state index in [1.807, 2.05) is 0 Å². The van der Waals surface area contributed by atoms with Crippen LogP contribution in [0.4, 0.5) is 0 Å². The first kappa shape index (κ1) is 27.2. The molecule has 0 heterocycles. The van der Waals surface area contributed by atoms with Crippen molar-refractivity contribution in [2.45, 2.75) is 26.9 Å². The minimum absolute atomic E-state index is 0. The summed E-state index contributed by atoms with van der Waals surface area (Å²) in [5.74, 6) is 0. The van der Waals surface area contributed by atoms with Crippen molar-refractivity contribution >= 4 is 0 Å². The molecule has 0 amide bonds. The molecule has 0 fully saturated rings. The predicted molar refractivity (Wildman–Crippen MR) is 106 cm³/mol. The van der Waals surface area contributed by atoms with Crippen LogP contribution in [0.3, 0.4) is 0 Å². The second kappa shape index (κ2) is 13.2. The molecule has 0 aliphatic carbocycles. The second-order valence-corrected chi connectivity index (χ2v) is 7.79. The lowest BCUT2D eigenvalue weighted by molar-refractivity contribution is -0.901. The topological polar surface area (TPSA) is 0 Å². The largest absolute Gasteiger partial charge is 1.00 e. The van der Waals surface area contributed by atoms with Crippen LogP contribution < -0.4 is 24.8 Å². The Bertz CT molecular complexity index is 516. The number of hydrogen-bond acceptors (Lipinski definition) is 0. The maximum Gasteiger partial charge on any atom is 0.104 e. The van der Waals surface area contributed by atoms with E-state index < -0.39 is 0 Å². The van der Waals surface area contributed by atoms with Crippen LogP contribution in [0.5, 0.6) is 0 Å². The van der Waals surface area contributed by atoms with E-state index in [0.29, 0.717) is 0 Å². The van der Waals surface area contributed by atoms with Gasteiger partial charge in [-0.25, -0.2) is 0 Å². The summed E-state index contributed by atoms with van der Waals surface area (Å²) in [5.41, 5.74) is 2.84. The molecule has 0 radical (unpaired) electrons. The lowest BCUT2D eigenvalue weighted by Crippen LogP contribution is -3.00. The lowest BCUT2D eigenvalue weighted by Gasteiger charge is -2.28. The fourth-order valence-electron chi connectivity index (χ4n) is 2.38. The van der Waals surface area contributed by atoms with E-state index in [-0.39, 0.29) is 24.8 Å². The van der Waals surface area contributed by atoms with Gasteiger partial charge in [-0.3, -0.25) is 0 Å². The van der Waals surface area contributed by atoms with Gasteiger partial charge in [-0.05, 0) is 13.8 Å². The Morgan fingerprint density at radius 1 is 0.538 bits per heavy atom. The number of halogens is 2. The van der Waals surface area contributed by atoms with Crippen LogP contribution in [0, 0.1) is 0 Å². The van der Waals surface area contributed by atoms with Gasteiger partial charge in [0.25, 0.3) is 0 Å². The summed E-state index contributed by atoms with van der Waals surface area (Å²) in [6, 6.07) is 21.3. The van der Waals surface area contributed by atoms with Gasteiger partial charge in [0.2, 0.25) is 0 Å². The van der Waals surface area contributed by atoms with Gasteiger partial charge in [0.15, 0.2) is 0 Å².